The van der Waals surface area contributed by atoms with Gasteiger partial charge in [-0.25, -0.2) is 4.79 Å². The predicted octanol–water partition coefficient (Wildman–Crippen LogP) is 4.44. The molecule has 0 heterocycles. The van der Waals surface area contributed by atoms with Crippen LogP contribution in [0, 0.1) is 18.3 Å². The molecule has 21 heavy (non-hydrogen) atoms. The van der Waals surface area contributed by atoms with Gasteiger partial charge in [-0.2, -0.15) is 5.26 Å². The van der Waals surface area contributed by atoms with Crippen LogP contribution in [0.25, 0.3) is 0 Å². The Balaban J connectivity index is 2.42. The molecule has 0 saturated carbocycles. The first-order chi connectivity index (χ1) is 10.1. The van der Waals surface area contributed by atoms with E-state index in [4.69, 9.17) is 0 Å². The number of carboxylic acid groups (broad SMARTS) is 1. The zero-order chi connectivity index (χ0) is 15.4. The Morgan fingerprint density at radius 2 is 1.95 bits per heavy atom. The Kier molecular flexibility index (Phi) is 4.94. The minimum Gasteiger partial charge on any atom is -0.478 e. The first kappa shape index (κ1) is 15.5. The van der Waals surface area contributed by atoms with E-state index in [1.165, 1.54) is 23.5 Å². The van der Waals surface area contributed by atoms with Gasteiger partial charge in [0.2, 0.25) is 0 Å². The summed E-state index contributed by atoms with van der Waals surface area (Å²) in [5, 5.41) is 18.5. The van der Waals surface area contributed by atoms with Gasteiger partial charge in [0.15, 0.2) is 0 Å². The molecular weight excluding hydrogens is 302 g/mol. The number of rotatable bonds is 4. The van der Waals surface area contributed by atoms with Crippen LogP contribution in [0.15, 0.2) is 51.1 Å². The molecule has 0 spiro atoms. The van der Waals surface area contributed by atoms with Crippen LogP contribution < -0.4 is 0 Å². The standard InChI is InChI=1S/C16H13NO2S2/c1-10-6-7-11(8-12(10)16(18)19)21-15-5-3-4-14(20-2)13(15)9-17/h3-8H,1-2H3,(H,18,19). The maximum Gasteiger partial charge on any atom is 0.335 e. The van der Waals surface area contributed by atoms with Gasteiger partial charge >= 0.3 is 5.97 Å². The fourth-order valence-electron chi connectivity index (χ4n) is 1.90. The van der Waals surface area contributed by atoms with Crippen molar-refractivity contribution in [3.05, 3.63) is 53.1 Å². The topological polar surface area (TPSA) is 61.1 Å². The molecule has 5 heteroatoms. The Labute approximate surface area is 132 Å². The number of aryl methyl sites for hydroxylation is 1. The number of thioether (sulfide) groups is 1. The van der Waals surface area contributed by atoms with Crippen LogP contribution in [0.2, 0.25) is 0 Å². The van der Waals surface area contributed by atoms with Crippen LogP contribution in [-0.4, -0.2) is 17.3 Å². The fourth-order valence-corrected chi connectivity index (χ4v) is 3.51. The Bertz CT molecular complexity index is 736. The molecule has 0 atom stereocenters. The molecule has 0 amide bonds. The van der Waals surface area contributed by atoms with Gasteiger partial charge in [-0.05, 0) is 43.0 Å². The van der Waals surface area contributed by atoms with Crippen LogP contribution in [0.5, 0.6) is 0 Å². The van der Waals surface area contributed by atoms with Crippen molar-refractivity contribution in [1.29, 1.82) is 5.26 Å². The number of nitriles is 1. The zero-order valence-electron chi connectivity index (χ0n) is 11.6. The lowest BCUT2D eigenvalue weighted by Crippen LogP contribution is -1.99. The second-order valence-electron chi connectivity index (χ2n) is 4.33. The summed E-state index contributed by atoms with van der Waals surface area (Å²) in [7, 11) is 0. The van der Waals surface area contributed by atoms with E-state index in [9.17, 15) is 15.2 Å². The van der Waals surface area contributed by atoms with Crippen molar-refractivity contribution in [1.82, 2.24) is 0 Å². The predicted molar refractivity (Wildman–Crippen MR) is 85.2 cm³/mol. The lowest BCUT2D eigenvalue weighted by Gasteiger charge is -2.09. The van der Waals surface area contributed by atoms with Crippen LogP contribution >= 0.6 is 23.5 Å². The van der Waals surface area contributed by atoms with Gasteiger partial charge < -0.3 is 5.11 Å². The molecule has 0 saturated heterocycles. The van der Waals surface area contributed by atoms with Crippen molar-refractivity contribution in [3.8, 4) is 6.07 Å². The van der Waals surface area contributed by atoms with Crippen LogP contribution in [0.1, 0.15) is 21.5 Å². The second kappa shape index (κ2) is 6.70. The minimum absolute atomic E-state index is 0.291. The van der Waals surface area contributed by atoms with Crippen LogP contribution in [0.3, 0.4) is 0 Å². The van der Waals surface area contributed by atoms with E-state index in [1.807, 2.05) is 30.5 Å². The van der Waals surface area contributed by atoms with Gasteiger partial charge in [0.25, 0.3) is 0 Å². The molecule has 0 aliphatic rings. The van der Waals surface area contributed by atoms with E-state index in [1.54, 1.807) is 19.1 Å². The highest BCUT2D eigenvalue weighted by Crippen LogP contribution is 2.35. The highest BCUT2D eigenvalue weighted by Gasteiger charge is 2.12. The third kappa shape index (κ3) is 3.41. The number of aromatic carboxylic acids is 1. The van der Waals surface area contributed by atoms with E-state index >= 15 is 0 Å². The number of carboxylic acids is 1. The fraction of sp³-hybridized carbons (Fsp3) is 0.125. The first-order valence-corrected chi connectivity index (χ1v) is 8.20. The summed E-state index contributed by atoms with van der Waals surface area (Å²) in [6, 6.07) is 13.2. The van der Waals surface area contributed by atoms with E-state index in [0.717, 1.165) is 20.2 Å². The molecule has 106 valence electrons. The third-order valence-electron chi connectivity index (χ3n) is 2.99. The molecule has 0 bridgehead atoms. The van der Waals surface area contributed by atoms with Crippen molar-refractivity contribution in [3.63, 3.8) is 0 Å². The molecule has 0 aliphatic heterocycles. The van der Waals surface area contributed by atoms with Gasteiger partial charge in [0.1, 0.15) is 6.07 Å². The first-order valence-electron chi connectivity index (χ1n) is 6.15. The number of nitrogens with zero attached hydrogens (tertiary/aromatic N) is 1. The summed E-state index contributed by atoms with van der Waals surface area (Å²) in [6.07, 6.45) is 1.93. The second-order valence-corrected chi connectivity index (χ2v) is 6.29. The minimum atomic E-state index is -0.937. The molecule has 2 aromatic rings. The molecule has 3 nitrogen and oxygen atoms in total. The molecule has 2 rings (SSSR count). The molecule has 0 aliphatic carbocycles. The summed E-state index contributed by atoms with van der Waals surface area (Å²) >= 11 is 2.93. The van der Waals surface area contributed by atoms with Gasteiger partial charge in [-0.3, -0.25) is 0 Å². The maximum absolute atomic E-state index is 11.2. The smallest absolute Gasteiger partial charge is 0.335 e. The van der Waals surface area contributed by atoms with Crippen molar-refractivity contribution in [2.24, 2.45) is 0 Å². The molecule has 0 aromatic heterocycles. The van der Waals surface area contributed by atoms with Gasteiger partial charge in [-0.15, -0.1) is 11.8 Å². The SMILES string of the molecule is CSc1cccc(Sc2ccc(C)c(C(=O)O)c2)c1C#N. The van der Waals surface area contributed by atoms with Gasteiger partial charge in [-0.1, -0.05) is 23.9 Å². The molecule has 0 radical (unpaired) electrons. The van der Waals surface area contributed by atoms with Crippen LogP contribution in [-0.2, 0) is 0 Å². The van der Waals surface area contributed by atoms with Crippen molar-refractivity contribution in [2.45, 2.75) is 21.6 Å². The number of carbonyl (C=O) groups is 1. The quantitative estimate of drug-likeness (QED) is 0.845. The molecular formula is C16H13NO2S2. The largest absolute Gasteiger partial charge is 0.478 e. The summed E-state index contributed by atoms with van der Waals surface area (Å²) in [5.74, 6) is -0.937. The maximum atomic E-state index is 11.2. The van der Waals surface area contributed by atoms with Crippen molar-refractivity contribution >= 4 is 29.5 Å². The van der Waals surface area contributed by atoms with E-state index in [-0.39, 0.29) is 0 Å². The van der Waals surface area contributed by atoms with Gasteiger partial charge in [0, 0.05) is 14.7 Å². The van der Waals surface area contributed by atoms with E-state index in [0.29, 0.717) is 11.1 Å². The van der Waals surface area contributed by atoms with Crippen LogP contribution in [0.4, 0.5) is 0 Å². The third-order valence-corrected chi connectivity index (χ3v) is 4.82. The molecule has 0 fully saturated rings. The molecule has 0 unspecified atom stereocenters. The summed E-state index contributed by atoms with van der Waals surface area (Å²) < 4.78 is 0. The Hall–Kier alpha value is -1.90. The summed E-state index contributed by atoms with van der Waals surface area (Å²) in [6.45, 7) is 1.77. The molecule has 2 aromatic carbocycles. The number of benzene rings is 2. The number of hydrogen-bond acceptors (Lipinski definition) is 4. The lowest BCUT2D eigenvalue weighted by molar-refractivity contribution is 0.0696. The van der Waals surface area contributed by atoms with Crippen molar-refractivity contribution < 1.29 is 9.90 Å². The Morgan fingerprint density at radius 1 is 1.24 bits per heavy atom. The van der Waals surface area contributed by atoms with E-state index in [2.05, 4.69) is 6.07 Å². The normalized spacial score (nSPS) is 10.1. The average Bonchev–Trinajstić information content (AvgIpc) is 2.48. The number of hydrogen-bond donors (Lipinski definition) is 1. The average molecular weight is 315 g/mol. The van der Waals surface area contributed by atoms with Crippen molar-refractivity contribution in [2.75, 3.05) is 6.26 Å². The van der Waals surface area contributed by atoms with E-state index < -0.39 is 5.97 Å². The highest BCUT2D eigenvalue weighted by molar-refractivity contribution is 8.00. The summed E-state index contributed by atoms with van der Waals surface area (Å²) in [5.41, 5.74) is 1.65. The Morgan fingerprint density at radius 3 is 2.57 bits per heavy atom. The summed E-state index contributed by atoms with van der Waals surface area (Å²) in [4.78, 5) is 13.8. The zero-order valence-corrected chi connectivity index (χ0v) is 13.2. The monoisotopic (exact) mass is 315 g/mol. The van der Waals surface area contributed by atoms with Gasteiger partial charge in [0.05, 0.1) is 11.1 Å². The lowest BCUT2D eigenvalue weighted by atomic mass is 10.1. The highest BCUT2D eigenvalue weighted by atomic mass is 32.2. The molecule has 1 N–H and O–H groups in total.